The minimum Gasteiger partial charge on any atom is -0.331 e. The molecule has 4 rings (SSSR count). The fraction of sp³-hybridized carbons (Fsp3) is 1.00. The summed E-state index contributed by atoms with van der Waals surface area (Å²) in [4.78, 5) is 10.2. The molecule has 0 aromatic heterocycles. The molecule has 6 nitrogen and oxygen atoms in total. The predicted octanol–water partition coefficient (Wildman–Crippen LogP) is -0.748. The molecule has 4 aliphatic rings. The van der Waals surface area contributed by atoms with Crippen LogP contribution < -0.4 is 21.0 Å². The van der Waals surface area contributed by atoms with Gasteiger partial charge in [-0.3, -0.25) is 15.1 Å². The van der Waals surface area contributed by atoms with E-state index in [1.165, 1.54) is 77.4 Å². The Morgan fingerprint density at radius 2 is 1.88 bits per heavy atom. The molecule has 0 radical (unpaired) electrons. The van der Waals surface area contributed by atoms with E-state index in [0.717, 1.165) is 5.92 Å². The number of nitrogens with two attached hydrogens (primary N) is 1. The lowest BCUT2D eigenvalue weighted by Gasteiger charge is -2.33. The molecule has 6 atom stereocenters. The van der Waals surface area contributed by atoms with E-state index in [4.69, 9.17) is 4.84 Å². The van der Waals surface area contributed by atoms with E-state index in [0.29, 0.717) is 24.3 Å². The third kappa shape index (κ3) is 4.42. The van der Waals surface area contributed by atoms with Crippen LogP contribution in [0.1, 0.15) is 57.8 Å². The van der Waals surface area contributed by atoms with Crippen LogP contribution in [0.15, 0.2) is 0 Å². The standard InChI is InChI=1S/C20H39N5O/c1-24(2)18-11-10-16(13-21-18)19-22-20(26-23-19)17-9-6-12-25(17)14-15-7-4-3-5-8-15/h15-23H,3-14H2,1-2H3/p+2/t16?,17-,18?,19?,20?/m1/s1. The quantitative estimate of drug-likeness (QED) is 0.517. The molecule has 0 spiro atoms. The molecule has 150 valence electrons. The van der Waals surface area contributed by atoms with Gasteiger partial charge in [-0.2, -0.15) is 5.48 Å². The summed E-state index contributed by atoms with van der Waals surface area (Å²) in [6, 6.07) is 0.636. The van der Waals surface area contributed by atoms with Crippen molar-refractivity contribution < 1.29 is 15.1 Å². The number of hydrogen-bond donors (Lipinski definition) is 4. The van der Waals surface area contributed by atoms with Crippen molar-refractivity contribution in [2.75, 3.05) is 33.7 Å². The van der Waals surface area contributed by atoms with Crippen molar-refractivity contribution >= 4 is 0 Å². The monoisotopic (exact) mass is 367 g/mol. The first-order chi connectivity index (χ1) is 12.7. The third-order valence-electron chi connectivity index (χ3n) is 7.52. The van der Waals surface area contributed by atoms with Gasteiger partial charge >= 0.3 is 0 Å². The summed E-state index contributed by atoms with van der Waals surface area (Å²) in [7, 11) is 4.38. The number of hydrogen-bond acceptors (Lipinski definition) is 4. The highest BCUT2D eigenvalue weighted by atomic mass is 16.7. The summed E-state index contributed by atoms with van der Waals surface area (Å²) < 4.78 is 0. The number of nitrogens with zero attached hydrogens (tertiary/aromatic N) is 1. The molecule has 3 saturated heterocycles. The lowest BCUT2D eigenvalue weighted by atomic mass is 9.89. The van der Waals surface area contributed by atoms with E-state index in [2.05, 4.69) is 35.1 Å². The van der Waals surface area contributed by atoms with Gasteiger partial charge in [0.25, 0.3) is 0 Å². The maximum absolute atomic E-state index is 6.09. The molecule has 1 aliphatic carbocycles. The van der Waals surface area contributed by atoms with Gasteiger partial charge in [0, 0.05) is 31.1 Å². The van der Waals surface area contributed by atoms with Crippen molar-refractivity contribution in [1.82, 2.24) is 15.7 Å². The van der Waals surface area contributed by atoms with Crippen LogP contribution >= 0.6 is 0 Å². The molecule has 4 fully saturated rings. The number of nitrogens with one attached hydrogen (secondary N) is 3. The van der Waals surface area contributed by atoms with E-state index in [9.17, 15) is 0 Å². The molecular formula is C20H41N5O+2. The molecular weight excluding hydrogens is 326 g/mol. The molecule has 6 heteroatoms. The average Bonchev–Trinajstić information content (AvgIpc) is 3.32. The third-order valence-corrected chi connectivity index (χ3v) is 7.52. The van der Waals surface area contributed by atoms with Gasteiger partial charge in [-0.05, 0) is 33.4 Å². The molecule has 3 aliphatic heterocycles. The Balaban J connectivity index is 1.26. The fourth-order valence-electron chi connectivity index (χ4n) is 5.87. The molecule has 0 bridgehead atoms. The van der Waals surface area contributed by atoms with Crippen LogP contribution in [-0.4, -0.2) is 63.2 Å². The smallest absolute Gasteiger partial charge is 0.183 e. The molecule has 0 aromatic rings. The van der Waals surface area contributed by atoms with Crippen molar-refractivity contribution in [1.29, 1.82) is 0 Å². The van der Waals surface area contributed by atoms with Crippen molar-refractivity contribution in [3.63, 3.8) is 0 Å². The van der Waals surface area contributed by atoms with Gasteiger partial charge in [0.05, 0.1) is 25.8 Å². The molecule has 26 heavy (non-hydrogen) atoms. The first kappa shape index (κ1) is 19.1. The number of piperidine rings is 1. The minimum atomic E-state index is 0.202. The second-order valence-corrected chi connectivity index (χ2v) is 9.51. The van der Waals surface area contributed by atoms with Crippen LogP contribution in [0.25, 0.3) is 0 Å². The molecule has 3 heterocycles. The SMILES string of the molecule is CN(C)C1CCC(C2NOC([C@H]3CCC[NH+]3CC3CCCCC3)N2)C[NH2+]1. The minimum absolute atomic E-state index is 0.202. The summed E-state index contributed by atoms with van der Waals surface area (Å²) in [6.45, 7) is 3.90. The summed E-state index contributed by atoms with van der Waals surface area (Å²) in [6.07, 6.45) is 13.7. The van der Waals surface area contributed by atoms with Crippen molar-refractivity contribution in [3.8, 4) is 0 Å². The Morgan fingerprint density at radius 1 is 1.04 bits per heavy atom. The van der Waals surface area contributed by atoms with Gasteiger partial charge in [0.15, 0.2) is 6.23 Å². The normalized spacial score (nSPS) is 42.6. The van der Waals surface area contributed by atoms with Crippen LogP contribution in [0, 0.1) is 11.8 Å². The molecule has 1 saturated carbocycles. The Kier molecular flexibility index (Phi) is 6.49. The van der Waals surface area contributed by atoms with E-state index in [-0.39, 0.29) is 6.23 Å². The lowest BCUT2D eigenvalue weighted by molar-refractivity contribution is -0.919. The largest absolute Gasteiger partial charge is 0.331 e. The van der Waals surface area contributed by atoms with Crippen molar-refractivity contribution in [2.24, 2.45) is 11.8 Å². The Morgan fingerprint density at radius 3 is 2.62 bits per heavy atom. The average molecular weight is 368 g/mol. The number of likely N-dealkylation sites (tertiary alicyclic amines) is 1. The maximum Gasteiger partial charge on any atom is 0.183 e. The summed E-state index contributed by atoms with van der Waals surface area (Å²) in [5, 5.41) is 6.33. The second-order valence-electron chi connectivity index (χ2n) is 9.51. The van der Waals surface area contributed by atoms with Crippen molar-refractivity contribution in [2.45, 2.75) is 82.4 Å². The van der Waals surface area contributed by atoms with Gasteiger partial charge in [-0.15, -0.1) is 0 Å². The Hall–Kier alpha value is -0.240. The van der Waals surface area contributed by atoms with E-state index >= 15 is 0 Å². The highest BCUT2D eigenvalue weighted by molar-refractivity contribution is 4.84. The van der Waals surface area contributed by atoms with Crippen molar-refractivity contribution in [3.05, 3.63) is 0 Å². The van der Waals surface area contributed by atoms with Gasteiger partial charge in [-0.25, -0.2) is 0 Å². The molecule has 0 aromatic carbocycles. The summed E-state index contributed by atoms with van der Waals surface area (Å²) >= 11 is 0. The van der Waals surface area contributed by atoms with Gasteiger partial charge in [0.2, 0.25) is 0 Å². The summed E-state index contributed by atoms with van der Waals surface area (Å²) in [5.41, 5.74) is 3.36. The first-order valence-electron chi connectivity index (χ1n) is 11.2. The first-order valence-corrected chi connectivity index (χ1v) is 11.2. The van der Waals surface area contributed by atoms with E-state index in [1.807, 2.05) is 0 Å². The number of rotatable bonds is 5. The second kappa shape index (κ2) is 8.84. The summed E-state index contributed by atoms with van der Waals surface area (Å²) in [5.74, 6) is 1.62. The van der Waals surface area contributed by atoms with Crippen LogP contribution in [0.2, 0.25) is 0 Å². The fourth-order valence-corrected chi connectivity index (χ4v) is 5.87. The zero-order valence-electron chi connectivity index (χ0n) is 16.9. The number of hydroxylamine groups is 1. The Bertz CT molecular complexity index is 434. The molecule has 5 unspecified atom stereocenters. The molecule has 5 N–H and O–H groups in total. The van der Waals surface area contributed by atoms with Crippen LogP contribution in [-0.2, 0) is 4.84 Å². The van der Waals surface area contributed by atoms with E-state index < -0.39 is 0 Å². The predicted molar refractivity (Wildman–Crippen MR) is 102 cm³/mol. The maximum atomic E-state index is 6.09. The van der Waals surface area contributed by atoms with Crippen LogP contribution in [0.4, 0.5) is 0 Å². The van der Waals surface area contributed by atoms with Gasteiger partial charge in [0.1, 0.15) is 12.2 Å². The zero-order chi connectivity index (χ0) is 17.9. The Labute approximate surface area is 159 Å². The molecule has 0 amide bonds. The zero-order valence-corrected chi connectivity index (χ0v) is 16.9. The number of quaternary nitrogens is 2. The van der Waals surface area contributed by atoms with Gasteiger partial charge < -0.3 is 10.2 Å². The topological polar surface area (TPSA) is 57.6 Å². The van der Waals surface area contributed by atoms with E-state index in [1.54, 1.807) is 4.90 Å². The van der Waals surface area contributed by atoms with Crippen LogP contribution in [0.5, 0.6) is 0 Å². The highest BCUT2D eigenvalue weighted by Crippen LogP contribution is 2.23. The lowest BCUT2D eigenvalue weighted by Crippen LogP contribution is -3.15. The highest BCUT2D eigenvalue weighted by Gasteiger charge is 2.44. The van der Waals surface area contributed by atoms with Crippen LogP contribution in [0.3, 0.4) is 0 Å². The van der Waals surface area contributed by atoms with Gasteiger partial charge in [-0.1, -0.05) is 19.3 Å².